The predicted octanol–water partition coefficient (Wildman–Crippen LogP) is 3.45. The first-order valence-corrected chi connectivity index (χ1v) is 7.77. The SMILES string of the molecule is Cc1cccc(NC(=O)NN)c1OCc1ccccc1C1CC1. The molecule has 0 saturated heterocycles. The Balaban J connectivity index is 1.79. The molecule has 1 fully saturated rings. The van der Waals surface area contributed by atoms with Crippen LogP contribution in [0.4, 0.5) is 10.5 Å². The summed E-state index contributed by atoms with van der Waals surface area (Å²) in [6.07, 6.45) is 2.51. The summed E-state index contributed by atoms with van der Waals surface area (Å²) in [6, 6.07) is 13.5. The molecule has 120 valence electrons. The summed E-state index contributed by atoms with van der Waals surface area (Å²) in [5.74, 6) is 6.47. The third-order valence-corrected chi connectivity index (χ3v) is 4.04. The number of carbonyl (C=O) groups is 1. The molecule has 5 nitrogen and oxygen atoms in total. The maximum absolute atomic E-state index is 11.5. The third-order valence-electron chi connectivity index (χ3n) is 4.04. The van der Waals surface area contributed by atoms with Gasteiger partial charge in [-0.25, -0.2) is 10.6 Å². The molecule has 3 rings (SSSR count). The summed E-state index contributed by atoms with van der Waals surface area (Å²) >= 11 is 0. The van der Waals surface area contributed by atoms with Crippen LogP contribution in [0, 0.1) is 6.92 Å². The number of hydrazine groups is 1. The molecule has 0 radical (unpaired) electrons. The van der Waals surface area contributed by atoms with Crippen molar-refractivity contribution in [3.8, 4) is 5.75 Å². The molecule has 0 aromatic heterocycles. The first-order chi connectivity index (χ1) is 11.2. The van der Waals surface area contributed by atoms with Crippen LogP contribution in [0.25, 0.3) is 0 Å². The van der Waals surface area contributed by atoms with Gasteiger partial charge in [0, 0.05) is 0 Å². The van der Waals surface area contributed by atoms with Gasteiger partial charge < -0.3 is 10.1 Å². The average Bonchev–Trinajstić information content (AvgIpc) is 3.39. The highest BCUT2D eigenvalue weighted by Crippen LogP contribution is 2.42. The maximum atomic E-state index is 11.5. The van der Waals surface area contributed by atoms with Crippen molar-refractivity contribution in [3.05, 3.63) is 59.2 Å². The highest BCUT2D eigenvalue weighted by atomic mass is 16.5. The Morgan fingerprint density at radius 3 is 2.74 bits per heavy atom. The number of amides is 2. The van der Waals surface area contributed by atoms with Crippen LogP contribution in [-0.4, -0.2) is 6.03 Å². The van der Waals surface area contributed by atoms with E-state index in [9.17, 15) is 4.79 Å². The van der Waals surface area contributed by atoms with Crippen molar-refractivity contribution in [2.45, 2.75) is 32.3 Å². The normalized spacial score (nSPS) is 13.5. The molecule has 4 N–H and O–H groups in total. The summed E-state index contributed by atoms with van der Waals surface area (Å²) in [6.45, 7) is 2.43. The Bertz CT molecular complexity index is 711. The molecular formula is C18H21N3O2. The highest BCUT2D eigenvalue weighted by Gasteiger charge is 2.25. The lowest BCUT2D eigenvalue weighted by molar-refractivity contribution is 0.252. The van der Waals surface area contributed by atoms with E-state index in [4.69, 9.17) is 10.6 Å². The number of aryl methyl sites for hydroxylation is 1. The summed E-state index contributed by atoms with van der Waals surface area (Å²) in [5.41, 5.74) is 6.20. The van der Waals surface area contributed by atoms with Gasteiger partial charge in [0.25, 0.3) is 0 Å². The zero-order valence-corrected chi connectivity index (χ0v) is 13.1. The molecule has 23 heavy (non-hydrogen) atoms. The van der Waals surface area contributed by atoms with E-state index >= 15 is 0 Å². The molecule has 5 heteroatoms. The van der Waals surface area contributed by atoms with Crippen LogP contribution in [0.2, 0.25) is 0 Å². The van der Waals surface area contributed by atoms with Gasteiger partial charge in [0.1, 0.15) is 12.4 Å². The fourth-order valence-corrected chi connectivity index (χ4v) is 2.71. The number of nitrogens with two attached hydrogens (primary N) is 1. The molecule has 0 aliphatic heterocycles. The lowest BCUT2D eigenvalue weighted by atomic mass is 10.0. The van der Waals surface area contributed by atoms with Crippen LogP contribution < -0.4 is 21.3 Å². The van der Waals surface area contributed by atoms with Crippen molar-refractivity contribution < 1.29 is 9.53 Å². The Labute approximate surface area is 135 Å². The first kappa shape index (κ1) is 15.4. The molecule has 1 aliphatic rings. The summed E-state index contributed by atoms with van der Waals surface area (Å²) in [4.78, 5) is 11.5. The summed E-state index contributed by atoms with van der Waals surface area (Å²) in [5, 5.41) is 2.69. The largest absolute Gasteiger partial charge is 0.486 e. The van der Waals surface area contributed by atoms with Gasteiger partial charge in [-0.05, 0) is 48.4 Å². The second-order valence-electron chi connectivity index (χ2n) is 5.81. The van der Waals surface area contributed by atoms with E-state index in [0.717, 1.165) is 5.56 Å². The number of carbonyl (C=O) groups excluding carboxylic acids is 1. The van der Waals surface area contributed by atoms with E-state index in [0.29, 0.717) is 24.0 Å². The van der Waals surface area contributed by atoms with Crippen LogP contribution in [0.1, 0.15) is 35.4 Å². The van der Waals surface area contributed by atoms with Crippen LogP contribution in [0.15, 0.2) is 42.5 Å². The fraction of sp³-hybridized carbons (Fsp3) is 0.278. The number of urea groups is 1. The minimum Gasteiger partial charge on any atom is -0.486 e. The minimum absolute atomic E-state index is 0.473. The Morgan fingerprint density at radius 2 is 2.00 bits per heavy atom. The second kappa shape index (κ2) is 6.71. The van der Waals surface area contributed by atoms with Gasteiger partial charge in [-0.1, -0.05) is 36.4 Å². The lowest BCUT2D eigenvalue weighted by Crippen LogP contribution is -2.34. The molecule has 0 spiro atoms. The van der Waals surface area contributed by atoms with Crippen molar-refractivity contribution in [1.82, 2.24) is 5.43 Å². The number of para-hydroxylation sites is 1. The molecule has 1 saturated carbocycles. The number of nitrogens with one attached hydrogen (secondary N) is 2. The summed E-state index contributed by atoms with van der Waals surface area (Å²) in [7, 11) is 0. The number of hydrogen-bond donors (Lipinski definition) is 3. The van der Waals surface area contributed by atoms with Gasteiger partial charge >= 0.3 is 6.03 Å². The molecule has 0 heterocycles. The zero-order valence-electron chi connectivity index (χ0n) is 13.1. The van der Waals surface area contributed by atoms with Gasteiger partial charge in [-0.15, -0.1) is 0 Å². The molecule has 0 unspecified atom stereocenters. The van der Waals surface area contributed by atoms with Gasteiger partial charge in [0.15, 0.2) is 0 Å². The predicted molar refractivity (Wildman–Crippen MR) is 90.3 cm³/mol. The van der Waals surface area contributed by atoms with Gasteiger partial charge in [-0.3, -0.25) is 5.43 Å². The molecule has 2 aromatic carbocycles. The second-order valence-corrected chi connectivity index (χ2v) is 5.81. The van der Waals surface area contributed by atoms with Crippen molar-refractivity contribution in [3.63, 3.8) is 0 Å². The molecule has 2 amide bonds. The number of benzene rings is 2. The fourth-order valence-electron chi connectivity index (χ4n) is 2.71. The standard InChI is InChI=1S/C18H21N3O2/c1-12-5-4-8-16(20-18(22)21-19)17(12)23-11-14-6-2-3-7-15(14)13-9-10-13/h2-8,13H,9-11,19H2,1H3,(H2,20,21,22). The quantitative estimate of drug-likeness (QED) is 0.450. The Morgan fingerprint density at radius 1 is 1.22 bits per heavy atom. The van der Waals surface area contributed by atoms with Crippen LogP contribution in [0.3, 0.4) is 0 Å². The van der Waals surface area contributed by atoms with E-state index in [-0.39, 0.29) is 0 Å². The van der Waals surface area contributed by atoms with E-state index in [1.807, 2.05) is 25.1 Å². The van der Waals surface area contributed by atoms with Crippen molar-refractivity contribution in [1.29, 1.82) is 0 Å². The van der Waals surface area contributed by atoms with Crippen molar-refractivity contribution in [2.75, 3.05) is 5.32 Å². The average molecular weight is 311 g/mol. The molecule has 0 atom stereocenters. The minimum atomic E-state index is -0.473. The van der Waals surface area contributed by atoms with E-state index in [1.54, 1.807) is 6.07 Å². The van der Waals surface area contributed by atoms with Crippen LogP contribution in [-0.2, 0) is 6.61 Å². The molecular weight excluding hydrogens is 290 g/mol. The maximum Gasteiger partial charge on any atom is 0.333 e. The van der Waals surface area contributed by atoms with Crippen LogP contribution in [0.5, 0.6) is 5.75 Å². The first-order valence-electron chi connectivity index (χ1n) is 7.77. The highest BCUT2D eigenvalue weighted by molar-refractivity contribution is 5.90. The Kier molecular flexibility index (Phi) is 4.48. The van der Waals surface area contributed by atoms with Gasteiger partial charge in [-0.2, -0.15) is 0 Å². The third kappa shape index (κ3) is 3.63. The topological polar surface area (TPSA) is 76.4 Å². The van der Waals surface area contributed by atoms with Gasteiger partial charge in [0.05, 0.1) is 5.69 Å². The van der Waals surface area contributed by atoms with Gasteiger partial charge in [0.2, 0.25) is 0 Å². The molecule has 1 aliphatic carbocycles. The molecule has 0 bridgehead atoms. The monoisotopic (exact) mass is 311 g/mol. The summed E-state index contributed by atoms with van der Waals surface area (Å²) < 4.78 is 6.03. The van der Waals surface area contributed by atoms with Crippen molar-refractivity contribution in [2.24, 2.45) is 5.84 Å². The number of hydrogen-bond acceptors (Lipinski definition) is 3. The number of anilines is 1. The zero-order chi connectivity index (χ0) is 16.2. The van der Waals surface area contributed by atoms with Crippen molar-refractivity contribution >= 4 is 11.7 Å². The number of ether oxygens (including phenoxy) is 1. The molecule has 2 aromatic rings. The van der Waals surface area contributed by atoms with Crippen LogP contribution >= 0.6 is 0 Å². The van der Waals surface area contributed by atoms with E-state index < -0.39 is 6.03 Å². The number of rotatable bonds is 5. The Hall–Kier alpha value is -2.53. The smallest absolute Gasteiger partial charge is 0.333 e. The van der Waals surface area contributed by atoms with E-state index in [1.165, 1.54) is 24.0 Å². The lowest BCUT2D eigenvalue weighted by Gasteiger charge is -2.16. The van der Waals surface area contributed by atoms with E-state index in [2.05, 4.69) is 28.9 Å².